The summed E-state index contributed by atoms with van der Waals surface area (Å²) < 4.78 is 5.57. The number of hydrogen-bond acceptors (Lipinski definition) is 6. The molecule has 2 aromatic rings. The number of nitrogens with one attached hydrogen (secondary N) is 1. The molecule has 1 saturated carbocycles. The van der Waals surface area contributed by atoms with E-state index in [1.807, 2.05) is 30.9 Å². The lowest BCUT2D eigenvalue weighted by Gasteiger charge is -2.26. The molecule has 0 spiro atoms. The third-order valence-corrected chi connectivity index (χ3v) is 6.11. The summed E-state index contributed by atoms with van der Waals surface area (Å²) in [6.07, 6.45) is 5.20. The largest absolute Gasteiger partial charge is 0.353 e. The van der Waals surface area contributed by atoms with Gasteiger partial charge in [-0.3, -0.25) is 14.6 Å². The zero-order valence-corrected chi connectivity index (χ0v) is 17.1. The molecule has 8 heteroatoms. The second-order valence-corrected chi connectivity index (χ2v) is 8.61. The van der Waals surface area contributed by atoms with Gasteiger partial charge < -0.3 is 14.7 Å². The summed E-state index contributed by atoms with van der Waals surface area (Å²) in [6.45, 7) is 6.86. The van der Waals surface area contributed by atoms with Gasteiger partial charge in [-0.1, -0.05) is 19.0 Å². The number of amides is 2. The molecule has 1 saturated heterocycles. The zero-order valence-electron chi connectivity index (χ0n) is 17.1. The number of pyridine rings is 1. The number of likely N-dealkylation sites (tertiary alicyclic amines) is 1. The average Bonchev–Trinajstić information content (AvgIpc) is 3.34. The second-order valence-electron chi connectivity index (χ2n) is 8.61. The maximum absolute atomic E-state index is 12.6. The van der Waals surface area contributed by atoms with Crippen molar-refractivity contribution in [2.24, 2.45) is 11.8 Å². The minimum atomic E-state index is -0.388. The van der Waals surface area contributed by atoms with Gasteiger partial charge in [-0.2, -0.15) is 4.98 Å². The van der Waals surface area contributed by atoms with E-state index in [1.54, 1.807) is 19.3 Å². The van der Waals surface area contributed by atoms with Crippen LogP contribution < -0.4 is 5.32 Å². The molecule has 29 heavy (non-hydrogen) atoms. The molecule has 0 bridgehead atoms. The highest BCUT2D eigenvalue weighted by atomic mass is 16.5. The minimum Gasteiger partial charge on any atom is -0.353 e. The Hall–Kier alpha value is -2.77. The van der Waals surface area contributed by atoms with Gasteiger partial charge in [0.2, 0.25) is 17.7 Å². The van der Waals surface area contributed by atoms with E-state index < -0.39 is 0 Å². The van der Waals surface area contributed by atoms with Crippen LogP contribution in [0.3, 0.4) is 0 Å². The Kier molecular flexibility index (Phi) is 5.10. The summed E-state index contributed by atoms with van der Waals surface area (Å²) in [4.78, 5) is 35.6. The van der Waals surface area contributed by atoms with Crippen molar-refractivity contribution in [2.75, 3.05) is 13.1 Å². The van der Waals surface area contributed by atoms with Crippen molar-refractivity contribution in [1.29, 1.82) is 0 Å². The lowest BCUT2D eigenvalue weighted by Crippen LogP contribution is -2.40. The summed E-state index contributed by atoms with van der Waals surface area (Å²) in [7, 11) is 0. The summed E-state index contributed by atoms with van der Waals surface area (Å²) in [5, 5.41) is 7.15. The monoisotopic (exact) mass is 397 g/mol. The summed E-state index contributed by atoms with van der Waals surface area (Å²) in [6, 6.07) is 3.72. The highest BCUT2D eigenvalue weighted by Crippen LogP contribution is 2.50. The third kappa shape index (κ3) is 3.75. The van der Waals surface area contributed by atoms with E-state index in [0.29, 0.717) is 37.6 Å². The normalized spacial score (nSPS) is 26.0. The van der Waals surface area contributed by atoms with Gasteiger partial charge in [0.15, 0.2) is 5.82 Å². The van der Waals surface area contributed by atoms with Crippen LogP contribution in [0.4, 0.5) is 0 Å². The first-order chi connectivity index (χ1) is 13.9. The number of aromatic nitrogens is 3. The number of fused-ring (bicyclic) bond motifs is 1. The Morgan fingerprint density at radius 2 is 2.10 bits per heavy atom. The first kappa shape index (κ1) is 19.5. The molecule has 2 aliphatic rings. The van der Waals surface area contributed by atoms with Gasteiger partial charge in [0, 0.05) is 37.4 Å². The van der Waals surface area contributed by atoms with Crippen molar-refractivity contribution < 1.29 is 14.1 Å². The van der Waals surface area contributed by atoms with E-state index >= 15 is 0 Å². The molecule has 2 amide bonds. The molecule has 2 fully saturated rings. The average molecular weight is 397 g/mol. The molecule has 2 aromatic heterocycles. The van der Waals surface area contributed by atoms with Crippen molar-refractivity contribution in [3.63, 3.8) is 0 Å². The molecule has 8 nitrogen and oxygen atoms in total. The first-order valence-corrected chi connectivity index (χ1v) is 10.2. The van der Waals surface area contributed by atoms with Gasteiger partial charge in [-0.15, -0.1) is 0 Å². The van der Waals surface area contributed by atoms with Crippen LogP contribution in [0.2, 0.25) is 0 Å². The van der Waals surface area contributed by atoms with Crippen molar-refractivity contribution in [3.05, 3.63) is 41.8 Å². The lowest BCUT2D eigenvalue weighted by atomic mass is 9.80. The fourth-order valence-electron chi connectivity index (χ4n) is 4.81. The van der Waals surface area contributed by atoms with Crippen molar-refractivity contribution in [1.82, 2.24) is 25.3 Å². The van der Waals surface area contributed by atoms with Crippen LogP contribution >= 0.6 is 0 Å². The zero-order chi connectivity index (χ0) is 20.6. The molecular weight excluding hydrogens is 370 g/mol. The molecule has 1 aliphatic carbocycles. The van der Waals surface area contributed by atoms with Gasteiger partial charge in [-0.05, 0) is 43.4 Å². The van der Waals surface area contributed by atoms with Crippen LogP contribution in [-0.4, -0.2) is 51.0 Å². The number of rotatable bonds is 5. The van der Waals surface area contributed by atoms with Crippen molar-refractivity contribution in [3.8, 4) is 0 Å². The van der Waals surface area contributed by atoms with Gasteiger partial charge in [0.1, 0.15) is 0 Å². The van der Waals surface area contributed by atoms with Crippen molar-refractivity contribution in [2.45, 2.75) is 51.5 Å². The number of hydrogen-bond donors (Lipinski definition) is 1. The Labute approximate surface area is 170 Å². The molecule has 0 aromatic carbocycles. The van der Waals surface area contributed by atoms with Gasteiger partial charge in [0.25, 0.3) is 0 Å². The quantitative estimate of drug-likeness (QED) is 0.823. The molecule has 0 radical (unpaired) electrons. The van der Waals surface area contributed by atoms with Crippen LogP contribution in [0.25, 0.3) is 0 Å². The topological polar surface area (TPSA) is 101 Å². The van der Waals surface area contributed by atoms with Gasteiger partial charge >= 0.3 is 0 Å². The fourth-order valence-corrected chi connectivity index (χ4v) is 4.81. The predicted octanol–water partition coefficient (Wildman–Crippen LogP) is 1.65. The Morgan fingerprint density at radius 1 is 1.34 bits per heavy atom. The fraction of sp³-hybridized carbons (Fsp3) is 0.571. The summed E-state index contributed by atoms with van der Waals surface area (Å²) in [5.41, 5.74) is 0.548. The maximum atomic E-state index is 12.6. The summed E-state index contributed by atoms with van der Waals surface area (Å²) >= 11 is 0. The molecule has 1 N–H and O–H groups in total. The molecule has 4 rings (SSSR count). The maximum Gasteiger partial charge on any atom is 0.235 e. The van der Waals surface area contributed by atoms with Crippen LogP contribution in [0.5, 0.6) is 0 Å². The van der Waals surface area contributed by atoms with Crippen LogP contribution in [-0.2, 0) is 21.4 Å². The first-order valence-electron chi connectivity index (χ1n) is 10.2. The van der Waals surface area contributed by atoms with Crippen molar-refractivity contribution >= 4 is 11.8 Å². The third-order valence-electron chi connectivity index (χ3n) is 6.11. The number of carbonyl (C=O) groups excluding carboxylic acids is 2. The van der Waals surface area contributed by atoms with Crippen LogP contribution in [0.15, 0.2) is 29.0 Å². The molecule has 0 unspecified atom stereocenters. The van der Waals surface area contributed by atoms with Crippen LogP contribution in [0, 0.1) is 18.8 Å². The van der Waals surface area contributed by atoms with Gasteiger partial charge in [-0.25, -0.2) is 0 Å². The van der Waals surface area contributed by atoms with Gasteiger partial charge in [0.05, 0.1) is 11.8 Å². The molecular formula is C21H27N5O3. The SMILES string of the molecule is Cc1noc([C@]23C[C@H](NC(=O)Cc4ccncc4)C[C@H]2CN(C(=O)C(C)C)C3)n1. The minimum absolute atomic E-state index is 0.00635. The van der Waals surface area contributed by atoms with E-state index in [0.717, 1.165) is 12.0 Å². The Balaban J connectivity index is 1.50. The molecule has 3 heterocycles. The lowest BCUT2D eigenvalue weighted by molar-refractivity contribution is -0.134. The number of aryl methyl sites for hydroxylation is 1. The molecule has 1 aliphatic heterocycles. The molecule has 3 atom stereocenters. The van der Waals surface area contributed by atoms with E-state index in [4.69, 9.17) is 4.52 Å². The Bertz CT molecular complexity index is 897. The van der Waals surface area contributed by atoms with E-state index in [9.17, 15) is 9.59 Å². The number of carbonyl (C=O) groups is 2. The second kappa shape index (κ2) is 7.57. The highest BCUT2D eigenvalue weighted by molar-refractivity contribution is 5.79. The predicted molar refractivity (Wildman–Crippen MR) is 105 cm³/mol. The summed E-state index contributed by atoms with van der Waals surface area (Å²) in [5.74, 6) is 1.46. The number of nitrogens with zero attached hydrogens (tertiary/aromatic N) is 4. The Morgan fingerprint density at radius 3 is 2.76 bits per heavy atom. The molecule has 154 valence electrons. The standard InChI is InChI=1S/C21H27N5O3/c1-13(2)19(28)26-11-16-9-17(24-18(27)8-15-4-6-22-7-5-15)10-21(16,12-26)20-23-14(3)25-29-20/h4-7,13,16-17H,8-12H2,1-3H3,(H,24,27)/t16-,17+,21-/m0/s1. The van der Waals surface area contributed by atoms with E-state index in [2.05, 4.69) is 20.4 Å². The van der Waals surface area contributed by atoms with Crippen LogP contribution in [0.1, 0.15) is 44.0 Å². The van der Waals surface area contributed by atoms with E-state index in [-0.39, 0.29) is 35.1 Å². The van der Waals surface area contributed by atoms with E-state index in [1.165, 1.54) is 0 Å². The highest BCUT2D eigenvalue weighted by Gasteiger charge is 2.58. The smallest absolute Gasteiger partial charge is 0.235 e.